The van der Waals surface area contributed by atoms with Crippen LogP contribution in [0.15, 0.2) is 42.5 Å². The lowest BCUT2D eigenvalue weighted by molar-refractivity contribution is -0.131. The summed E-state index contributed by atoms with van der Waals surface area (Å²) in [5.41, 5.74) is 1.41. The Bertz CT molecular complexity index is 944. The molecule has 0 atom stereocenters. The molecule has 174 valence electrons. The zero-order valence-electron chi connectivity index (χ0n) is 20.8. The molecule has 0 unspecified atom stereocenters. The summed E-state index contributed by atoms with van der Waals surface area (Å²) in [4.78, 5) is 27.4. The van der Waals surface area contributed by atoms with Gasteiger partial charge in [-0.2, -0.15) is 5.10 Å². The van der Waals surface area contributed by atoms with Crippen molar-refractivity contribution in [2.45, 2.75) is 66.3 Å². The number of hydrogen-bond donors (Lipinski definition) is 1. The van der Waals surface area contributed by atoms with Crippen molar-refractivity contribution in [3.05, 3.63) is 53.7 Å². The molecule has 2 aromatic rings. The molecule has 32 heavy (non-hydrogen) atoms. The zero-order valence-corrected chi connectivity index (χ0v) is 20.8. The van der Waals surface area contributed by atoms with Crippen LogP contribution in [0.3, 0.4) is 0 Å². The van der Waals surface area contributed by atoms with Gasteiger partial charge < -0.3 is 10.2 Å². The van der Waals surface area contributed by atoms with Gasteiger partial charge >= 0.3 is 0 Å². The molecule has 0 aliphatic heterocycles. The first-order valence-corrected chi connectivity index (χ1v) is 11.2. The van der Waals surface area contributed by atoms with E-state index in [1.807, 2.05) is 75.7 Å². The summed E-state index contributed by atoms with van der Waals surface area (Å²) in [5.74, 6) is 0.462. The molecule has 0 saturated heterocycles. The molecule has 0 aliphatic carbocycles. The molecule has 0 saturated carbocycles. The van der Waals surface area contributed by atoms with E-state index in [2.05, 4.69) is 26.1 Å². The van der Waals surface area contributed by atoms with Crippen LogP contribution in [0.1, 0.15) is 66.6 Å². The van der Waals surface area contributed by atoms with Crippen molar-refractivity contribution in [1.29, 1.82) is 0 Å². The number of carbonyl (C=O) groups is 2. The van der Waals surface area contributed by atoms with Crippen molar-refractivity contribution < 1.29 is 9.59 Å². The van der Waals surface area contributed by atoms with Crippen LogP contribution in [0.2, 0.25) is 0 Å². The minimum Gasteiger partial charge on any atom is -0.330 e. The van der Waals surface area contributed by atoms with Crippen LogP contribution >= 0.6 is 0 Å². The van der Waals surface area contributed by atoms with Crippen LogP contribution in [0.4, 0.5) is 5.82 Å². The van der Waals surface area contributed by atoms with Gasteiger partial charge in [-0.1, -0.05) is 65.0 Å². The van der Waals surface area contributed by atoms with E-state index >= 15 is 0 Å². The Morgan fingerprint density at radius 3 is 2.25 bits per heavy atom. The van der Waals surface area contributed by atoms with Gasteiger partial charge in [-0.25, -0.2) is 4.68 Å². The molecule has 2 rings (SSSR count). The van der Waals surface area contributed by atoms with Gasteiger partial charge in [-0.15, -0.1) is 0 Å². The highest BCUT2D eigenvalue weighted by Crippen LogP contribution is 2.28. The molecule has 0 spiro atoms. The second kappa shape index (κ2) is 10.2. The molecule has 6 heteroatoms. The van der Waals surface area contributed by atoms with Gasteiger partial charge in [-0.05, 0) is 38.3 Å². The van der Waals surface area contributed by atoms with Crippen molar-refractivity contribution >= 4 is 23.7 Å². The Morgan fingerprint density at radius 2 is 1.72 bits per heavy atom. The van der Waals surface area contributed by atoms with Crippen LogP contribution in [0.25, 0.3) is 6.08 Å². The predicted octanol–water partition coefficient (Wildman–Crippen LogP) is 5.07. The zero-order chi connectivity index (χ0) is 24.1. The summed E-state index contributed by atoms with van der Waals surface area (Å²) < 4.78 is 1.84. The molecule has 0 radical (unpaired) electrons. The fraction of sp³-hybridized carbons (Fsp3) is 0.500. The minimum absolute atomic E-state index is 0.0175. The monoisotopic (exact) mass is 438 g/mol. The number of nitrogens with one attached hydrogen (secondary N) is 1. The lowest BCUT2D eigenvalue weighted by atomic mass is 9.92. The summed E-state index contributed by atoms with van der Waals surface area (Å²) in [6.07, 6.45) is 3.31. The molecule has 0 bridgehead atoms. The number of nitrogens with zero attached hydrogens (tertiary/aromatic N) is 3. The topological polar surface area (TPSA) is 67.2 Å². The second-order valence-electron chi connectivity index (χ2n) is 10.7. The Balaban J connectivity index is 2.19. The fourth-order valence-corrected chi connectivity index (χ4v) is 3.21. The molecule has 2 amide bonds. The number of rotatable bonds is 7. The van der Waals surface area contributed by atoms with Crippen molar-refractivity contribution in [3.63, 3.8) is 0 Å². The number of carbonyl (C=O) groups excluding carboxylic acids is 2. The van der Waals surface area contributed by atoms with E-state index in [4.69, 9.17) is 5.10 Å². The number of hydrogen-bond acceptors (Lipinski definition) is 3. The highest BCUT2D eigenvalue weighted by molar-refractivity contribution is 5.97. The van der Waals surface area contributed by atoms with Gasteiger partial charge in [-0.3, -0.25) is 9.59 Å². The first-order valence-electron chi connectivity index (χ1n) is 11.2. The van der Waals surface area contributed by atoms with Gasteiger partial charge in [0.1, 0.15) is 12.4 Å². The Morgan fingerprint density at radius 1 is 1.09 bits per heavy atom. The highest BCUT2D eigenvalue weighted by atomic mass is 16.2. The van der Waals surface area contributed by atoms with Crippen molar-refractivity contribution in [3.8, 4) is 0 Å². The predicted molar refractivity (Wildman–Crippen MR) is 131 cm³/mol. The summed E-state index contributed by atoms with van der Waals surface area (Å²) in [6.45, 7) is 17.0. The molecule has 6 nitrogen and oxygen atoms in total. The molecule has 1 N–H and O–H groups in total. The molecule has 1 aromatic heterocycles. The first-order chi connectivity index (χ1) is 14.8. The first kappa shape index (κ1) is 25.4. The van der Waals surface area contributed by atoms with E-state index in [9.17, 15) is 9.59 Å². The van der Waals surface area contributed by atoms with E-state index in [1.165, 1.54) is 6.08 Å². The van der Waals surface area contributed by atoms with Crippen LogP contribution in [-0.2, 0) is 20.5 Å². The SMILES string of the molecule is CC(C)CN(CC(=O)Nc1cc(C(C)(C)C)nn1C(C)(C)C)C(=O)/C=C/c1ccccc1. The van der Waals surface area contributed by atoms with Gasteiger partial charge in [0.2, 0.25) is 11.8 Å². The van der Waals surface area contributed by atoms with Crippen molar-refractivity contribution in [2.24, 2.45) is 5.92 Å². The summed E-state index contributed by atoms with van der Waals surface area (Å²) in [7, 11) is 0. The average Bonchev–Trinajstić information content (AvgIpc) is 3.10. The maximum absolute atomic E-state index is 13.0. The lowest BCUT2D eigenvalue weighted by Gasteiger charge is -2.25. The summed E-state index contributed by atoms with van der Waals surface area (Å²) >= 11 is 0. The third kappa shape index (κ3) is 7.36. The van der Waals surface area contributed by atoms with E-state index in [1.54, 1.807) is 11.0 Å². The number of anilines is 1. The fourth-order valence-electron chi connectivity index (χ4n) is 3.21. The van der Waals surface area contributed by atoms with Crippen LogP contribution in [0, 0.1) is 5.92 Å². The molecule has 0 aliphatic rings. The third-order valence-electron chi connectivity index (χ3n) is 4.83. The smallest absolute Gasteiger partial charge is 0.247 e. The van der Waals surface area contributed by atoms with Gasteiger partial charge in [0.05, 0.1) is 11.2 Å². The minimum atomic E-state index is -0.294. The normalized spacial score (nSPS) is 12.4. The molecule has 1 aromatic carbocycles. The van der Waals surface area contributed by atoms with Gasteiger partial charge in [0.15, 0.2) is 0 Å². The second-order valence-corrected chi connectivity index (χ2v) is 10.7. The van der Waals surface area contributed by atoms with Crippen molar-refractivity contribution in [2.75, 3.05) is 18.4 Å². The van der Waals surface area contributed by atoms with Crippen LogP contribution < -0.4 is 5.32 Å². The largest absolute Gasteiger partial charge is 0.330 e. The van der Waals surface area contributed by atoms with Crippen LogP contribution in [0.5, 0.6) is 0 Å². The van der Waals surface area contributed by atoms with E-state index in [0.29, 0.717) is 12.4 Å². The standard InChI is InChI=1S/C26H38N4O2/c1-19(2)17-29(24(32)15-14-20-12-10-9-11-13-20)18-23(31)27-22-16-21(25(3,4)5)28-30(22)26(6,7)8/h9-16,19H,17-18H2,1-8H3,(H,27,31)/b15-14+. The van der Waals surface area contributed by atoms with E-state index in [0.717, 1.165) is 11.3 Å². The highest BCUT2D eigenvalue weighted by Gasteiger charge is 2.26. The maximum Gasteiger partial charge on any atom is 0.247 e. The number of amides is 2. The maximum atomic E-state index is 13.0. The third-order valence-corrected chi connectivity index (χ3v) is 4.83. The summed E-state index contributed by atoms with van der Waals surface area (Å²) in [6, 6.07) is 11.6. The quantitative estimate of drug-likeness (QED) is 0.614. The Hall–Kier alpha value is -2.89. The van der Waals surface area contributed by atoms with Crippen LogP contribution in [-0.4, -0.2) is 39.6 Å². The molecule has 0 fully saturated rings. The number of benzene rings is 1. The Kier molecular flexibility index (Phi) is 8.05. The Labute approximate surface area is 192 Å². The van der Waals surface area contributed by atoms with Gasteiger partial charge in [0, 0.05) is 24.1 Å². The molecule has 1 heterocycles. The summed E-state index contributed by atoms with van der Waals surface area (Å²) in [5, 5.41) is 7.73. The van der Waals surface area contributed by atoms with E-state index < -0.39 is 0 Å². The van der Waals surface area contributed by atoms with Gasteiger partial charge in [0.25, 0.3) is 0 Å². The average molecular weight is 439 g/mol. The molecular formula is C26H38N4O2. The molecular weight excluding hydrogens is 400 g/mol. The number of aromatic nitrogens is 2. The lowest BCUT2D eigenvalue weighted by Crippen LogP contribution is -2.40. The van der Waals surface area contributed by atoms with E-state index in [-0.39, 0.29) is 35.2 Å². The van der Waals surface area contributed by atoms with Crippen molar-refractivity contribution in [1.82, 2.24) is 14.7 Å².